The van der Waals surface area contributed by atoms with Crippen molar-refractivity contribution >= 4 is 0 Å². The van der Waals surface area contributed by atoms with Crippen LogP contribution in [0.5, 0.6) is 0 Å². The molecule has 0 aromatic heterocycles. The fraction of sp³-hybridized carbons (Fsp3) is 0.667. The maximum Gasteiger partial charge on any atom is 0.0119 e. The Labute approximate surface area is 119 Å². The topological polar surface area (TPSA) is 12.0 Å². The van der Waals surface area contributed by atoms with Gasteiger partial charge in [-0.3, -0.25) is 0 Å². The van der Waals surface area contributed by atoms with Gasteiger partial charge in [0.25, 0.3) is 0 Å². The van der Waals surface area contributed by atoms with Gasteiger partial charge in [-0.1, -0.05) is 51.5 Å². The zero-order valence-corrected chi connectivity index (χ0v) is 13.6. The fourth-order valence-electron chi connectivity index (χ4n) is 2.59. The van der Waals surface area contributed by atoms with E-state index in [1.165, 1.54) is 36.0 Å². The van der Waals surface area contributed by atoms with Crippen LogP contribution in [0.3, 0.4) is 0 Å². The van der Waals surface area contributed by atoms with Gasteiger partial charge in [0.1, 0.15) is 0 Å². The van der Waals surface area contributed by atoms with Crippen molar-refractivity contribution in [2.45, 2.75) is 66.8 Å². The van der Waals surface area contributed by atoms with Gasteiger partial charge in [-0.05, 0) is 56.2 Å². The fourth-order valence-corrected chi connectivity index (χ4v) is 2.59. The van der Waals surface area contributed by atoms with Gasteiger partial charge in [0.15, 0.2) is 0 Å². The minimum Gasteiger partial charge on any atom is -0.313 e. The zero-order chi connectivity index (χ0) is 14.5. The third-order valence-corrected chi connectivity index (χ3v) is 3.89. The lowest BCUT2D eigenvalue weighted by Gasteiger charge is -2.32. The smallest absolute Gasteiger partial charge is 0.0119 e. The standard InChI is InChI=1S/C18H31N/c1-7-12-19-17(18(4,5)6)11-10-16-9-8-14(2)13-15(16)3/h8-9,13,17,19H,7,10-12H2,1-6H3. The summed E-state index contributed by atoms with van der Waals surface area (Å²) in [5.74, 6) is 0. The van der Waals surface area contributed by atoms with E-state index in [0.717, 1.165) is 6.54 Å². The Hall–Kier alpha value is -0.820. The molecule has 0 aliphatic rings. The van der Waals surface area contributed by atoms with Gasteiger partial charge in [-0.25, -0.2) is 0 Å². The van der Waals surface area contributed by atoms with Crippen molar-refractivity contribution in [3.05, 3.63) is 34.9 Å². The summed E-state index contributed by atoms with van der Waals surface area (Å²) in [5, 5.41) is 3.71. The molecule has 1 rings (SSSR count). The highest BCUT2D eigenvalue weighted by Crippen LogP contribution is 2.24. The van der Waals surface area contributed by atoms with E-state index < -0.39 is 0 Å². The van der Waals surface area contributed by atoms with Crippen LogP contribution in [0.4, 0.5) is 0 Å². The molecule has 1 N–H and O–H groups in total. The van der Waals surface area contributed by atoms with Gasteiger partial charge < -0.3 is 5.32 Å². The second-order valence-electron chi connectivity index (χ2n) is 6.84. The molecule has 0 saturated heterocycles. The van der Waals surface area contributed by atoms with Gasteiger partial charge in [0.2, 0.25) is 0 Å². The molecule has 108 valence electrons. The SMILES string of the molecule is CCCNC(CCc1ccc(C)cc1C)C(C)(C)C. The lowest BCUT2D eigenvalue weighted by atomic mass is 9.83. The molecular formula is C18H31N. The third kappa shape index (κ3) is 5.36. The van der Waals surface area contributed by atoms with Crippen LogP contribution in [0.25, 0.3) is 0 Å². The van der Waals surface area contributed by atoms with E-state index in [0.29, 0.717) is 11.5 Å². The van der Waals surface area contributed by atoms with E-state index >= 15 is 0 Å². The van der Waals surface area contributed by atoms with Crippen LogP contribution in [0, 0.1) is 19.3 Å². The van der Waals surface area contributed by atoms with Crippen LogP contribution >= 0.6 is 0 Å². The molecule has 0 aliphatic heterocycles. The van der Waals surface area contributed by atoms with Crippen molar-refractivity contribution in [2.75, 3.05) is 6.54 Å². The summed E-state index contributed by atoms with van der Waals surface area (Å²) >= 11 is 0. The predicted molar refractivity (Wildman–Crippen MR) is 85.8 cm³/mol. The molecule has 1 unspecified atom stereocenters. The minimum atomic E-state index is 0.327. The molecule has 0 saturated carbocycles. The van der Waals surface area contributed by atoms with Crippen molar-refractivity contribution in [3.63, 3.8) is 0 Å². The first-order valence-corrected chi connectivity index (χ1v) is 7.64. The first-order chi connectivity index (χ1) is 8.84. The lowest BCUT2D eigenvalue weighted by molar-refractivity contribution is 0.255. The molecule has 0 bridgehead atoms. The molecule has 1 atom stereocenters. The molecule has 1 aromatic rings. The summed E-state index contributed by atoms with van der Waals surface area (Å²) in [5.41, 5.74) is 4.62. The first-order valence-electron chi connectivity index (χ1n) is 7.64. The molecule has 1 nitrogen and oxygen atoms in total. The van der Waals surface area contributed by atoms with Gasteiger partial charge in [-0.15, -0.1) is 0 Å². The van der Waals surface area contributed by atoms with Gasteiger partial charge in [0, 0.05) is 6.04 Å². The van der Waals surface area contributed by atoms with Crippen LogP contribution in [-0.2, 0) is 6.42 Å². The maximum absolute atomic E-state index is 3.71. The van der Waals surface area contributed by atoms with Crippen molar-refractivity contribution in [2.24, 2.45) is 5.41 Å². The number of hydrogen-bond donors (Lipinski definition) is 1. The summed E-state index contributed by atoms with van der Waals surface area (Å²) in [6, 6.07) is 7.41. The van der Waals surface area contributed by atoms with Crippen molar-refractivity contribution in [1.29, 1.82) is 0 Å². The van der Waals surface area contributed by atoms with Gasteiger partial charge in [-0.2, -0.15) is 0 Å². The second-order valence-corrected chi connectivity index (χ2v) is 6.84. The highest BCUT2D eigenvalue weighted by atomic mass is 14.9. The predicted octanol–water partition coefficient (Wildman–Crippen LogP) is 4.65. The molecule has 0 heterocycles. The van der Waals surface area contributed by atoms with Crippen LogP contribution in [-0.4, -0.2) is 12.6 Å². The Morgan fingerprint density at radius 1 is 1.16 bits per heavy atom. The maximum atomic E-state index is 3.71. The van der Waals surface area contributed by atoms with E-state index in [9.17, 15) is 0 Å². The number of nitrogens with one attached hydrogen (secondary N) is 1. The van der Waals surface area contributed by atoms with Crippen molar-refractivity contribution in [3.8, 4) is 0 Å². The summed E-state index contributed by atoms with van der Waals surface area (Å²) in [6.07, 6.45) is 3.59. The Balaban J connectivity index is 2.65. The first kappa shape index (κ1) is 16.2. The van der Waals surface area contributed by atoms with Crippen LogP contribution in [0.15, 0.2) is 18.2 Å². The zero-order valence-electron chi connectivity index (χ0n) is 13.6. The quantitative estimate of drug-likeness (QED) is 0.786. The Morgan fingerprint density at radius 2 is 1.84 bits per heavy atom. The van der Waals surface area contributed by atoms with E-state index in [-0.39, 0.29) is 0 Å². The van der Waals surface area contributed by atoms with Crippen LogP contribution in [0.1, 0.15) is 57.2 Å². The summed E-state index contributed by atoms with van der Waals surface area (Å²) < 4.78 is 0. The minimum absolute atomic E-state index is 0.327. The number of benzene rings is 1. The van der Waals surface area contributed by atoms with Gasteiger partial charge >= 0.3 is 0 Å². The van der Waals surface area contributed by atoms with Crippen LogP contribution in [0.2, 0.25) is 0 Å². The van der Waals surface area contributed by atoms with Crippen molar-refractivity contribution in [1.82, 2.24) is 5.32 Å². The van der Waals surface area contributed by atoms with E-state index in [1.807, 2.05) is 0 Å². The second kappa shape index (κ2) is 7.09. The normalized spacial score (nSPS) is 13.6. The summed E-state index contributed by atoms with van der Waals surface area (Å²) in [7, 11) is 0. The highest BCUT2D eigenvalue weighted by Gasteiger charge is 2.23. The van der Waals surface area contributed by atoms with E-state index in [1.54, 1.807) is 0 Å². The lowest BCUT2D eigenvalue weighted by Crippen LogP contribution is -2.41. The van der Waals surface area contributed by atoms with E-state index in [4.69, 9.17) is 0 Å². The number of aryl methyl sites for hydroxylation is 3. The summed E-state index contributed by atoms with van der Waals surface area (Å²) in [6.45, 7) is 14.8. The number of hydrogen-bond acceptors (Lipinski definition) is 1. The molecule has 19 heavy (non-hydrogen) atoms. The molecule has 1 heteroatoms. The Kier molecular flexibility index (Phi) is 6.06. The van der Waals surface area contributed by atoms with Gasteiger partial charge in [0.05, 0.1) is 0 Å². The molecule has 0 fully saturated rings. The molecule has 1 aromatic carbocycles. The van der Waals surface area contributed by atoms with Crippen LogP contribution < -0.4 is 5.32 Å². The van der Waals surface area contributed by atoms with Crippen molar-refractivity contribution < 1.29 is 0 Å². The molecule has 0 radical (unpaired) electrons. The molecule has 0 spiro atoms. The third-order valence-electron chi connectivity index (χ3n) is 3.89. The average molecular weight is 261 g/mol. The molecular weight excluding hydrogens is 230 g/mol. The highest BCUT2D eigenvalue weighted by molar-refractivity contribution is 5.30. The monoisotopic (exact) mass is 261 g/mol. The summed E-state index contributed by atoms with van der Waals surface area (Å²) in [4.78, 5) is 0. The Bertz CT molecular complexity index is 387. The molecule has 0 aliphatic carbocycles. The molecule has 0 amide bonds. The largest absolute Gasteiger partial charge is 0.313 e. The van der Waals surface area contributed by atoms with E-state index in [2.05, 4.69) is 65.1 Å². The Morgan fingerprint density at radius 3 is 2.37 bits per heavy atom. The number of rotatable bonds is 6. The average Bonchev–Trinajstić information content (AvgIpc) is 2.29.